The Morgan fingerprint density at radius 3 is 2.64 bits per heavy atom. The smallest absolute Gasteiger partial charge is 0.266 e. The van der Waals surface area contributed by atoms with Crippen LogP contribution in [-0.2, 0) is 24.4 Å². The molecular weight excluding hydrogens is 318 g/mol. The Balaban J connectivity index is 1.45. The zero-order valence-corrected chi connectivity index (χ0v) is 15.1. The summed E-state index contributed by atoms with van der Waals surface area (Å²) in [4.78, 5) is 0. The van der Waals surface area contributed by atoms with Gasteiger partial charge in [-0.1, -0.05) is 44.9 Å². The first kappa shape index (κ1) is 18.6. The van der Waals surface area contributed by atoms with Gasteiger partial charge in [0.05, 0.1) is 6.61 Å². The molecule has 2 rings (SSSR count). The van der Waals surface area contributed by atoms with Crippen LogP contribution in [0, 0.1) is 17.8 Å². The maximum atomic E-state index is 10.7. The van der Waals surface area contributed by atoms with Gasteiger partial charge in [-0.15, -0.1) is 0 Å². The van der Waals surface area contributed by atoms with E-state index in [1.165, 1.54) is 64.2 Å². The highest BCUT2D eigenvalue weighted by Gasteiger charge is 2.31. The first-order chi connectivity index (χ1) is 10.5. The van der Waals surface area contributed by atoms with Gasteiger partial charge in [-0.2, -0.15) is 4.21 Å². The molecule has 2 saturated carbocycles. The van der Waals surface area contributed by atoms with Crippen molar-refractivity contribution < 1.29 is 12.9 Å². The van der Waals surface area contributed by atoms with Crippen molar-refractivity contribution in [2.45, 2.75) is 64.2 Å². The van der Waals surface area contributed by atoms with E-state index in [1.54, 1.807) is 0 Å². The fraction of sp³-hybridized carbons (Fsp3) is 1.00. The summed E-state index contributed by atoms with van der Waals surface area (Å²) < 4.78 is 24.1. The molecule has 22 heavy (non-hydrogen) atoms. The van der Waals surface area contributed by atoms with E-state index in [9.17, 15) is 4.21 Å². The molecule has 0 saturated heterocycles. The van der Waals surface area contributed by atoms with E-state index in [2.05, 4.69) is 20.7 Å². The molecule has 0 aromatic rings. The van der Waals surface area contributed by atoms with Crippen LogP contribution in [0.2, 0.25) is 0 Å². The zero-order chi connectivity index (χ0) is 15.8. The first-order valence-corrected chi connectivity index (χ1v) is 11.2. The van der Waals surface area contributed by atoms with Gasteiger partial charge in [-0.05, 0) is 43.6 Å². The van der Waals surface area contributed by atoms with Gasteiger partial charge in [0.15, 0.2) is 0 Å². The van der Waals surface area contributed by atoms with Gasteiger partial charge in [-0.3, -0.25) is 8.74 Å². The number of unbranched alkanes of at least 4 members (excludes halogenated alkanes) is 1. The third kappa shape index (κ3) is 7.21. The maximum Gasteiger partial charge on any atom is 0.266 e. The highest BCUT2D eigenvalue weighted by molar-refractivity contribution is 8.27. The summed E-state index contributed by atoms with van der Waals surface area (Å²) in [6.07, 6.45) is 14.2. The second kappa shape index (κ2) is 9.52. The molecule has 6 heteroatoms. The predicted octanol–water partition coefficient (Wildman–Crippen LogP) is 3.50. The molecule has 2 N–H and O–H groups in total. The van der Waals surface area contributed by atoms with Crippen molar-refractivity contribution in [1.29, 1.82) is 0 Å². The van der Waals surface area contributed by atoms with Crippen LogP contribution in [0.25, 0.3) is 0 Å². The van der Waals surface area contributed by atoms with Crippen LogP contribution in [0.3, 0.4) is 0 Å². The Morgan fingerprint density at radius 2 is 1.86 bits per heavy atom. The molecule has 0 radical (unpaired) electrons. The Labute approximate surface area is 140 Å². The van der Waals surface area contributed by atoms with Crippen molar-refractivity contribution in [1.82, 2.24) is 5.32 Å². The fourth-order valence-corrected chi connectivity index (χ4v) is 4.76. The minimum absolute atomic E-state index is 0.199. The molecular formula is C16H31NO3S2. The van der Waals surface area contributed by atoms with Crippen molar-refractivity contribution in [2.75, 3.05) is 19.7 Å². The molecule has 1 unspecified atom stereocenters. The number of hydrogen-bond acceptors (Lipinski definition) is 4. The molecule has 0 aliphatic heterocycles. The molecule has 0 spiro atoms. The van der Waals surface area contributed by atoms with E-state index >= 15 is 0 Å². The summed E-state index contributed by atoms with van der Waals surface area (Å²) in [5.41, 5.74) is 0. The van der Waals surface area contributed by atoms with Crippen LogP contribution in [-0.4, -0.2) is 28.5 Å². The molecule has 0 bridgehead atoms. The van der Waals surface area contributed by atoms with Crippen molar-refractivity contribution >= 4 is 20.2 Å². The van der Waals surface area contributed by atoms with E-state index in [0.29, 0.717) is 6.54 Å². The molecule has 0 amide bonds. The van der Waals surface area contributed by atoms with Crippen molar-refractivity contribution in [3.05, 3.63) is 0 Å². The van der Waals surface area contributed by atoms with Gasteiger partial charge < -0.3 is 5.32 Å². The van der Waals surface area contributed by atoms with E-state index in [4.69, 9.17) is 4.55 Å². The van der Waals surface area contributed by atoms with Gasteiger partial charge in [0.2, 0.25) is 0 Å². The van der Waals surface area contributed by atoms with Gasteiger partial charge in [-0.25, -0.2) is 0 Å². The molecule has 0 aromatic carbocycles. The van der Waals surface area contributed by atoms with Gasteiger partial charge >= 0.3 is 0 Å². The topological polar surface area (TPSA) is 58.6 Å². The van der Waals surface area contributed by atoms with Crippen molar-refractivity contribution in [3.8, 4) is 0 Å². The third-order valence-electron chi connectivity index (χ3n) is 5.38. The second-order valence-corrected chi connectivity index (χ2v) is 9.33. The van der Waals surface area contributed by atoms with E-state index in [1.807, 2.05) is 0 Å². The van der Waals surface area contributed by atoms with Crippen LogP contribution >= 0.6 is 0 Å². The minimum atomic E-state index is -3.45. The van der Waals surface area contributed by atoms with Crippen molar-refractivity contribution in [3.63, 3.8) is 0 Å². The average molecular weight is 350 g/mol. The lowest BCUT2D eigenvalue weighted by Crippen LogP contribution is -2.27. The standard InChI is InChI=1S/C16H31NO3S2/c18-22(19,21)20-12-11-17-10-4-3-5-14-8-9-15-6-1-2-7-16(15)13-14/h14-17H,1-13H2,(H,18,19,21)/t14-,15-,16-/m0/s1. The number of hydrogen-bond donors (Lipinski definition) is 2. The lowest BCUT2D eigenvalue weighted by Gasteiger charge is -2.39. The molecule has 0 heterocycles. The molecule has 4 atom stereocenters. The predicted molar refractivity (Wildman–Crippen MR) is 93.6 cm³/mol. The van der Waals surface area contributed by atoms with Crippen LogP contribution < -0.4 is 5.32 Å². The Morgan fingerprint density at radius 1 is 1.09 bits per heavy atom. The Kier molecular flexibility index (Phi) is 8.05. The van der Waals surface area contributed by atoms with Gasteiger partial charge in [0, 0.05) is 17.7 Å². The van der Waals surface area contributed by atoms with Crippen LogP contribution in [0.1, 0.15) is 64.2 Å². The SMILES string of the molecule is O=S(O)(=S)OCCNCCCC[C@H]1CC[C@@H]2CCCC[C@H]2C1. The summed E-state index contributed by atoms with van der Waals surface area (Å²) in [5, 5.41) is 3.23. The number of fused-ring (bicyclic) bond motifs is 1. The second-order valence-electron chi connectivity index (χ2n) is 6.98. The molecule has 130 valence electrons. The molecule has 0 aromatic heterocycles. The normalized spacial score (nSPS) is 31.4. The van der Waals surface area contributed by atoms with Crippen LogP contribution in [0.5, 0.6) is 0 Å². The summed E-state index contributed by atoms with van der Waals surface area (Å²) in [6, 6.07) is 0. The van der Waals surface area contributed by atoms with Gasteiger partial charge in [0.25, 0.3) is 9.05 Å². The molecule has 2 aliphatic carbocycles. The lowest BCUT2D eigenvalue weighted by atomic mass is 9.67. The summed E-state index contributed by atoms with van der Waals surface area (Å²) >= 11 is 4.25. The third-order valence-corrected chi connectivity index (χ3v) is 6.13. The summed E-state index contributed by atoms with van der Waals surface area (Å²) in [7, 11) is -3.45. The lowest BCUT2D eigenvalue weighted by molar-refractivity contribution is 0.124. The van der Waals surface area contributed by atoms with Crippen LogP contribution in [0.15, 0.2) is 0 Å². The monoisotopic (exact) mass is 349 g/mol. The highest BCUT2D eigenvalue weighted by Crippen LogP contribution is 2.43. The van der Waals surface area contributed by atoms with E-state index in [0.717, 1.165) is 24.3 Å². The van der Waals surface area contributed by atoms with E-state index in [-0.39, 0.29) is 6.61 Å². The van der Waals surface area contributed by atoms with Crippen molar-refractivity contribution in [2.24, 2.45) is 17.8 Å². The van der Waals surface area contributed by atoms with E-state index < -0.39 is 9.05 Å². The quantitative estimate of drug-likeness (QED) is 0.624. The zero-order valence-electron chi connectivity index (χ0n) is 13.5. The maximum absolute atomic E-state index is 10.7. The highest BCUT2D eigenvalue weighted by atomic mass is 32.9. The van der Waals surface area contributed by atoms with Gasteiger partial charge in [0.1, 0.15) is 0 Å². The first-order valence-electron chi connectivity index (χ1n) is 8.87. The molecule has 2 fully saturated rings. The summed E-state index contributed by atoms with van der Waals surface area (Å²) in [5.74, 6) is 3.05. The largest absolute Gasteiger partial charge is 0.314 e. The number of rotatable bonds is 9. The Hall–Kier alpha value is 0.250. The van der Waals surface area contributed by atoms with Crippen LogP contribution in [0.4, 0.5) is 0 Å². The number of nitrogens with one attached hydrogen (secondary N) is 1. The molecule has 4 nitrogen and oxygen atoms in total. The average Bonchev–Trinajstić information content (AvgIpc) is 2.48. The minimum Gasteiger partial charge on any atom is -0.314 e. The Bertz CT molecular complexity index is 414. The molecule has 2 aliphatic rings. The summed E-state index contributed by atoms with van der Waals surface area (Å²) in [6.45, 7) is 1.73. The fourth-order valence-electron chi connectivity index (χ4n) is 4.26.